The third kappa shape index (κ3) is 87.9. The zero-order chi connectivity index (χ0) is 76.7. The van der Waals surface area contributed by atoms with Gasteiger partial charge in [-0.1, -0.05) is 165 Å². The normalized spacial score (nSPS) is 9.76. The molecule has 556 valence electrons. The van der Waals surface area contributed by atoms with Crippen molar-refractivity contribution in [2.75, 3.05) is 58.7 Å². The van der Waals surface area contributed by atoms with Crippen LogP contribution in [-0.4, -0.2) is 150 Å². The molecule has 95 heavy (non-hydrogen) atoms. The quantitative estimate of drug-likeness (QED) is 0.0271. The molecule has 0 saturated heterocycles. The van der Waals surface area contributed by atoms with Crippen molar-refractivity contribution in [1.29, 1.82) is 5.41 Å². The molecule has 31 heteroatoms. The molecule has 0 bridgehead atoms. The van der Waals surface area contributed by atoms with E-state index in [9.17, 15) is 42.0 Å². The minimum absolute atomic E-state index is 0.00611. The van der Waals surface area contributed by atoms with Crippen LogP contribution in [0.25, 0.3) is 0 Å². The first-order valence-electron chi connectivity index (χ1n) is 31.6. The molecule has 2 aromatic rings. The first kappa shape index (κ1) is 106. The number of aromatic amines is 2. The fourth-order valence-corrected chi connectivity index (χ4v) is 5.25. The number of amides is 7. The number of H-pyrrole nitrogens is 2. The molecule has 0 spiro atoms. The van der Waals surface area contributed by atoms with E-state index in [4.69, 9.17) is 44.3 Å². The van der Waals surface area contributed by atoms with Gasteiger partial charge in [-0.3, -0.25) is 43.7 Å². The summed E-state index contributed by atoms with van der Waals surface area (Å²) in [7, 11) is -1.86. The third-order valence-electron chi connectivity index (χ3n) is 9.85. The molecule has 0 unspecified atom stereocenters. The van der Waals surface area contributed by atoms with Crippen LogP contribution in [0.3, 0.4) is 0 Å². The average Bonchev–Trinajstić information content (AvgIpc) is 1.54. The lowest BCUT2D eigenvalue weighted by molar-refractivity contribution is -0.124. The van der Waals surface area contributed by atoms with Gasteiger partial charge < -0.3 is 91.4 Å². The monoisotopic (exact) mass is 1380 g/mol. The molecule has 0 fully saturated rings. The van der Waals surface area contributed by atoms with E-state index < -0.39 is 15.9 Å². The summed E-state index contributed by atoms with van der Waals surface area (Å²) < 4.78 is 23.8. The molecule has 2 heterocycles. The van der Waals surface area contributed by atoms with Crippen molar-refractivity contribution in [3.05, 3.63) is 85.9 Å². The lowest BCUT2D eigenvalue weighted by Crippen LogP contribution is -2.37. The van der Waals surface area contributed by atoms with Gasteiger partial charge in [-0.2, -0.15) is 0 Å². The predicted octanol–water partition coefficient (Wildman–Crippen LogP) is 4.26. The second-order valence-corrected chi connectivity index (χ2v) is 24.8. The van der Waals surface area contributed by atoms with Crippen molar-refractivity contribution in [2.24, 2.45) is 76.0 Å². The van der Waals surface area contributed by atoms with Gasteiger partial charge in [0.15, 0.2) is 0 Å². The van der Waals surface area contributed by atoms with Gasteiger partial charge in [0, 0.05) is 123 Å². The number of hydrogen-bond acceptors (Lipinski definition) is 20. The Balaban J connectivity index is -0.000000124. The highest BCUT2D eigenvalue weighted by Gasteiger charge is 2.16. The smallest absolute Gasteiger partial charge is 0.236 e. The first-order valence-corrected chi connectivity index (χ1v) is 33.2. The van der Waals surface area contributed by atoms with Crippen LogP contribution < -0.4 is 75.9 Å². The van der Waals surface area contributed by atoms with Gasteiger partial charge in [0.05, 0.1) is 49.5 Å². The van der Waals surface area contributed by atoms with E-state index in [1.165, 1.54) is 0 Å². The van der Waals surface area contributed by atoms with Gasteiger partial charge in [0.2, 0.25) is 51.4 Å². The molecular formula is C64H133N19O11S. The predicted molar refractivity (Wildman–Crippen MR) is 387 cm³/mol. The van der Waals surface area contributed by atoms with Gasteiger partial charge in [-0.25, -0.2) is 18.4 Å². The molecule has 0 aliphatic heterocycles. The van der Waals surface area contributed by atoms with Crippen LogP contribution in [0.4, 0.5) is 0 Å². The maximum Gasteiger partial charge on any atom is 0.236 e. The van der Waals surface area contributed by atoms with E-state index in [1.807, 2.05) is 122 Å². The third-order valence-corrected chi connectivity index (χ3v) is 11.1. The van der Waals surface area contributed by atoms with E-state index in [0.717, 1.165) is 11.6 Å². The van der Waals surface area contributed by atoms with E-state index in [-0.39, 0.29) is 120 Å². The van der Waals surface area contributed by atoms with Crippen molar-refractivity contribution < 1.29 is 52.2 Å². The Hall–Kier alpha value is -8.19. The highest BCUT2D eigenvalue weighted by atomic mass is 32.2. The summed E-state index contributed by atoms with van der Waals surface area (Å²) >= 11 is 0. The Morgan fingerprint density at radius 3 is 1.16 bits per heavy atom. The maximum absolute atomic E-state index is 11.1. The molecule has 0 radical (unpaired) electrons. The van der Waals surface area contributed by atoms with Crippen LogP contribution in [-0.2, 0) is 50.1 Å². The van der Waals surface area contributed by atoms with Gasteiger partial charge in [-0.05, 0) is 13.8 Å². The van der Waals surface area contributed by atoms with Crippen LogP contribution in [0, 0.1) is 52.8 Å². The fraction of sp³-hybridized carbons (Fsp3) is 0.656. The summed E-state index contributed by atoms with van der Waals surface area (Å²) in [5, 5.41) is 45.0. The molecular weight excluding hydrogens is 1240 g/mol. The lowest BCUT2D eigenvalue weighted by Gasteiger charge is -2.08. The topological polar surface area (TPSA) is 514 Å². The summed E-state index contributed by atoms with van der Waals surface area (Å²) in [5.74, 6) is 3.01. The van der Waals surface area contributed by atoms with Crippen molar-refractivity contribution in [1.82, 2.24) is 67.2 Å². The van der Waals surface area contributed by atoms with Crippen LogP contribution in [0.15, 0.2) is 74.2 Å². The molecule has 2 aromatic heterocycles. The molecule has 0 atom stereocenters. The summed E-state index contributed by atoms with van der Waals surface area (Å²) in [6.07, 6.45) is 7.01. The highest BCUT2D eigenvalue weighted by molar-refractivity contribution is 7.90. The number of nitrogens with one attached hydrogen (secondary N) is 12. The molecule has 7 amide bonds. The molecule has 24 N–H and O–H groups in total. The van der Waals surface area contributed by atoms with Gasteiger partial charge in [0.25, 0.3) is 0 Å². The van der Waals surface area contributed by atoms with Crippen LogP contribution in [0.5, 0.6) is 0 Å². The highest BCUT2D eigenvalue weighted by Crippen LogP contribution is 2.05. The Bertz CT molecular complexity index is 2410. The molecule has 0 aromatic carbocycles. The number of aromatic nitrogens is 4. The summed E-state index contributed by atoms with van der Waals surface area (Å²) in [6, 6.07) is 0.400. The van der Waals surface area contributed by atoms with Crippen LogP contribution in [0.1, 0.15) is 170 Å². The van der Waals surface area contributed by atoms with E-state index >= 15 is 0 Å². The summed E-state index contributed by atoms with van der Waals surface area (Å²) in [4.78, 5) is 89.7. The Labute approximate surface area is 571 Å². The van der Waals surface area contributed by atoms with Crippen molar-refractivity contribution in [3.8, 4) is 0 Å². The van der Waals surface area contributed by atoms with E-state index in [0.29, 0.717) is 62.0 Å². The number of rotatable bonds is 26. The number of carbonyl (C=O) groups is 7. The number of carbonyl (C=O) groups excluding carboxylic acids is 7. The van der Waals surface area contributed by atoms with Crippen LogP contribution in [0.2, 0.25) is 0 Å². The minimum atomic E-state index is -3.50. The maximum atomic E-state index is 11.1. The number of aliphatic hydroxyl groups is 2. The van der Waals surface area contributed by atoms with Gasteiger partial charge in [0.1, 0.15) is 17.4 Å². The Kier molecular flexibility index (Phi) is 74.7. The number of nitrogens with two attached hydrogens (primary N) is 5. The van der Waals surface area contributed by atoms with Crippen molar-refractivity contribution in [3.63, 3.8) is 0 Å². The SMILES string of the molecule is C=C(N)CNC(=O)C(C)C.C=C(N)NC(C)C.C=C(N)NCCNC(=O)C(C)C.C=C(O)CNC(=O)C(C)C.CC.CC(C)C(=N)N.CC(C)C(=O)NCCO.CC(C)C(=O)NCc1ncc[nH]1.CC(C)C(=O)NS(=O)(=O)CCN.CC(C)c1ncc[nH]1.CNC(=O)C(C)C. The second-order valence-electron chi connectivity index (χ2n) is 23.0. The molecule has 2 rings (SSSR count). The molecule has 0 saturated carbocycles. The zero-order valence-corrected chi connectivity index (χ0v) is 62.8. The van der Waals surface area contributed by atoms with Gasteiger partial charge >= 0.3 is 0 Å². The molecule has 30 nitrogen and oxygen atoms in total. The Morgan fingerprint density at radius 1 is 0.537 bits per heavy atom. The fourth-order valence-electron chi connectivity index (χ4n) is 4.29. The minimum Gasteiger partial charge on any atom is -0.511 e. The van der Waals surface area contributed by atoms with Crippen LogP contribution >= 0.6 is 0 Å². The average molecular weight is 1380 g/mol. The number of aliphatic hydroxyl groups excluding tert-OH is 2. The molecule has 0 aliphatic carbocycles. The second kappa shape index (κ2) is 67.2. The van der Waals surface area contributed by atoms with Gasteiger partial charge in [-0.15, -0.1) is 0 Å². The summed E-state index contributed by atoms with van der Waals surface area (Å²) in [5.41, 5.74) is 26.2. The molecule has 0 aliphatic rings. The largest absolute Gasteiger partial charge is 0.511 e. The lowest BCUT2D eigenvalue weighted by atomic mass is 10.2. The Morgan fingerprint density at radius 2 is 0.905 bits per heavy atom. The summed E-state index contributed by atoms with van der Waals surface area (Å²) in [6.45, 7) is 57.4. The van der Waals surface area contributed by atoms with E-state index in [1.54, 1.807) is 53.3 Å². The number of amidine groups is 1. The van der Waals surface area contributed by atoms with Crippen molar-refractivity contribution >= 4 is 57.2 Å². The van der Waals surface area contributed by atoms with E-state index in [2.05, 4.69) is 103 Å². The number of imidazole rings is 2. The number of sulfonamides is 1. The standard InChI is InChI=1S/C8H13N3O.C8H17N3O.C7H14N2O.C7H13NO2.C6H14N2O3S.C6H10N2.C6H13NO2.C5H12N2.C5H11NO.C4H10N2.C2H6/c1-6(2)8(12)11-5-7-9-3-4-10-7;1-6(2)8(12)11-5-4-10-7(3)9;1-5(2)7(10)9-4-6(3)8;1-5(2)7(10)8-4-6(3)9;1-5(2)6(9)8-12(10,11)4-3-7;1-5(2)6-7-3-4-8-6;1-5(2)6(9)7-3-4-8;1-4(2)7-5(3)6;1-4(2)5(7)6-3;1-3(2)4(5)6;1-2/h3-4,6H,5H2,1-2H3,(H,9,10)(H,11,12);6,10H,3-5,9H2,1-2H3,(H,11,12);5H,3-4,8H2,1-2H3,(H,9,10);5,9H,3-4H2,1-2H3,(H,8,10);5H,3-4,7H2,1-2H3,(H,8,9);3-5H,1-2H3,(H,7,8);5,8H,3-4H2,1-2H3,(H,7,9);4,7H,3,6H2,1-2H3;4H,1-3H3,(H,6,7);3H,1-2H3,(H3,5,6);1-2H3. The van der Waals surface area contributed by atoms with Crippen molar-refractivity contribution in [2.45, 2.75) is 171 Å². The number of nitrogens with zero attached hydrogens (tertiary/aromatic N) is 2. The zero-order valence-electron chi connectivity index (χ0n) is 62.0. The number of hydrogen-bond donors (Lipinski definition) is 19. The first-order chi connectivity index (χ1) is 43.6.